The molecule has 7 heteroatoms. The molecule has 0 aliphatic carbocycles. The third-order valence-corrected chi connectivity index (χ3v) is 3.62. The van der Waals surface area contributed by atoms with Crippen molar-refractivity contribution in [2.45, 2.75) is 0 Å². The first-order valence-corrected chi connectivity index (χ1v) is 7.84. The Morgan fingerprint density at radius 1 is 1.00 bits per heavy atom. The van der Waals surface area contributed by atoms with Crippen molar-refractivity contribution >= 4 is 34.7 Å². The molecule has 0 fully saturated rings. The number of nitrogens with zero attached hydrogens (tertiary/aromatic N) is 2. The molecule has 2 aromatic carbocycles. The van der Waals surface area contributed by atoms with Crippen molar-refractivity contribution in [3.05, 3.63) is 71.4 Å². The van der Waals surface area contributed by atoms with Crippen molar-refractivity contribution in [1.29, 1.82) is 0 Å². The monoisotopic (exact) mass is 354 g/mol. The summed E-state index contributed by atoms with van der Waals surface area (Å²) in [5, 5.41) is 14.4. The summed E-state index contributed by atoms with van der Waals surface area (Å²) in [6.07, 6.45) is 0. The van der Waals surface area contributed by atoms with Crippen LogP contribution < -0.4 is 15.4 Å². The number of halogens is 1. The molecule has 0 aliphatic heterocycles. The highest BCUT2D eigenvalue weighted by Gasteiger charge is 2.09. The number of carbonyl (C=O) groups is 1. The predicted octanol–water partition coefficient (Wildman–Crippen LogP) is 4.13. The normalized spacial score (nSPS) is 10.2. The van der Waals surface area contributed by atoms with E-state index in [9.17, 15) is 4.79 Å². The second kappa shape index (κ2) is 7.63. The van der Waals surface area contributed by atoms with E-state index in [0.717, 1.165) is 5.69 Å². The molecule has 6 nitrogen and oxygen atoms in total. The summed E-state index contributed by atoms with van der Waals surface area (Å²) in [6.45, 7) is 0. The van der Waals surface area contributed by atoms with Crippen LogP contribution >= 0.6 is 11.6 Å². The number of methoxy groups -OCH3 is 1. The van der Waals surface area contributed by atoms with E-state index >= 15 is 0 Å². The molecule has 3 aromatic rings. The number of amides is 1. The molecule has 25 heavy (non-hydrogen) atoms. The largest absolute Gasteiger partial charge is 0.495 e. The van der Waals surface area contributed by atoms with E-state index < -0.39 is 0 Å². The molecule has 0 spiro atoms. The topological polar surface area (TPSA) is 76.1 Å². The van der Waals surface area contributed by atoms with Gasteiger partial charge in [0.15, 0.2) is 11.5 Å². The number of carbonyl (C=O) groups excluding carboxylic acids is 1. The molecule has 1 amide bonds. The Hall–Kier alpha value is -3.12. The van der Waals surface area contributed by atoms with Crippen molar-refractivity contribution in [1.82, 2.24) is 10.2 Å². The van der Waals surface area contributed by atoms with E-state index in [0.29, 0.717) is 22.3 Å². The fraction of sp³-hybridized carbons (Fsp3) is 0.0556. The molecule has 0 unspecified atom stereocenters. The smallest absolute Gasteiger partial charge is 0.276 e. The number of ether oxygens (including phenoxy) is 1. The summed E-state index contributed by atoms with van der Waals surface area (Å²) in [5.74, 6) is 0.847. The summed E-state index contributed by atoms with van der Waals surface area (Å²) in [7, 11) is 1.59. The van der Waals surface area contributed by atoms with E-state index in [1.54, 1.807) is 43.5 Å². The van der Waals surface area contributed by atoms with Crippen LogP contribution in [0, 0.1) is 0 Å². The number of para-hydroxylation sites is 2. The number of hydrogen-bond acceptors (Lipinski definition) is 5. The Kier molecular flexibility index (Phi) is 5.11. The maximum Gasteiger partial charge on any atom is 0.276 e. The van der Waals surface area contributed by atoms with Crippen LogP contribution in [0.4, 0.5) is 17.2 Å². The van der Waals surface area contributed by atoms with Crippen molar-refractivity contribution in [2.24, 2.45) is 0 Å². The van der Waals surface area contributed by atoms with Gasteiger partial charge >= 0.3 is 0 Å². The second-order valence-corrected chi connectivity index (χ2v) is 5.53. The third kappa shape index (κ3) is 4.24. The zero-order chi connectivity index (χ0) is 17.6. The van der Waals surface area contributed by atoms with Gasteiger partial charge in [0.1, 0.15) is 5.75 Å². The number of anilines is 3. The Morgan fingerprint density at radius 3 is 2.44 bits per heavy atom. The first-order chi connectivity index (χ1) is 12.2. The predicted molar refractivity (Wildman–Crippen MR) is 97.7 cm³/mol. The van der Waals surface area contributed by atoms with E-state index in [2.05, 4.69) is 20.8 Å². The van der Waals surface area contributed by atoms with Crippen LogP contribution in [0.25, 0.3) is 0 Å². The maximum absolute atomic E-state index is 12.2. The zero-order valence-electron chi connectivity index (χ0n) is 13.4. The van der Waals surface area contributed by atoms with Gasteiger partial charge in [0.05, 0.1) is 12.8 Å². The fourth-order valence-electron chi connectivity index (χ4n) is 2.13. The highest BCUT2D eigenvalue weighted by Crippen LogP contribution is 2.25. The minimum absolute atomic E-state index is 0.209. The minimum Gasteiger partial charge on any atom is -0.495 e. The first kappa shape index (κ1) is 16.7. The quantitative estimate of drug-likeness (QED) is 0.720. The van der Waals surface area contributed by atoms with Crippen molar-refractivity contribution in [3.63, 3.8) is 0 Å². The molecule has 1 heterocycles. The van der Waals surface area contributed by atoms with Gasteiger partial charge in [0.25, 0.3) is 5.91 Å². The summed E-state index contributed by atoms with van der Waals surface area (Å²) in [6, 6.07) is 17.5. The second-order valence-electron chi connectivity index (χ2n) is 5.09. The van der Waals surface area contributed by atoms with Crippen molar-refractivity contribution < 1.29 is 9.53 Å². The van der Waals surface area contributed by atoms with Crippen molar-refractivity contribution in [2.75, 3.05) is 17.7 Å². The molecule has 126 valence electrons. The van der Waals surface area contributed by atoms with E-state index in [-0.39, 0.29) is 11.6 Å². The molecular formula is C18H15ClN4O2. The Labute approximate surface area is 149 Å². The first-order valence-electron chi connectivity index (χ1n) is 7.46. The molecule has 0 radical (unpaired) electrons. The number of nitrogens with one attached hydrogen (secondary N) is 2. The molecule has 0 aliphatic rings. The van der Waals surface area contributed by atoms with Gasteiger partial charge in [-0.3, -0.25) is 4.79 Å². The fourth-order valence-corrected chi connectivity index (χ4v) is 2.26. The van der Waals surface area contributed by atoms with Gasteiger partial charge in [-0.05, 0) is 48.5 Å². The van der Waals surface area contributed by atoms with Gasteiger partial charge in [0, 0.05) is 10.7 Å². The van der Waals surface area contributed by atoms with Gasteiger partial charge in [-0.15, -0.1) is 10.2 Å². The average molecular weight is 355 g/mol. The van der Waals surface area contributed by atoms with Crippen LogP contribution in [0.2, 0.25) is 5.02 Å². The van der Waals surface area contributed by atoms with Gasteiger partial charge in [-0.1, -0.05) is 23.7 Å². The van der Waals surface area contributed by atoms with Crippen LogP contribution in [-0.2, 0) is 0 Å². The summed E-state index contributed by atoms with van der Waals surface area (Å²) >= 11 is 5.82. The Balaban J connectivity index is 1.69. The van der Waals surface area contributed by atoms with Gasteiger partial charge in [-0.2, -0.15) is 0 Å². The number of rotatable bonds is 5. The lowest BCUT2D eigenvalue weighted by atomic mass is 10.3. The Bertz CT molecular complexity index is 867. The van der Waals surface area contributed by atoms with E-state index in [1.807, 2.05) is 24.3 Å². The number of benzene rings is 2. The van der Waals surface area contributed by atoms with Crippen LogP contribution in [0.3, 0.4) is 0 Å². The lowest BCUT2D eigenvalue weighted by Crippen LogP contribution is -2.14. The van der Waals surface area contributed by atoms with E-state index in [1.165, 1.54) is 0 Å². The van der Waals surface area contributed by atoms with E-state index in [4.69, 9.17) is 16.3 Å². The summed E-state index contributed by atoms with van der Waals surface area (Å²) < 4.78 is 5.27. The highest BCUT2D eigenvalue weighted by atomic mass is 35.5. The lowest BCUT2D eigenvalue weighted by Gasteiger charge is -2.10. The lowest BCUT2D eigenvalue weighted by molar-refractivity contribution is 0.102. The maximum atomic E-state index is 12.2. The molecule has 0 bridgehead atoms. The standard InChI is InChI=1S/C18H15ClN4O2/c1-25-16-5-3-2-4-14(16)21-17-11-10-15(22-23-17)18(24)20-13-8-6-12(19)7-9-13/h2-11H,1H3,(H,20,24)(H,21,23). The molecule has 0 saturated heterocycles. The average Bonchev–Trinajstić information content (AvgIpc) is 2.64. The molecule has 1 aromatic heterocycles. The van der Waals surface area contributed by atoms with Gasteiger partial charge in [-0.25, -0.2) is 0 Å². The van der Waals surface area contributed by atoms with Gasteiger partial charge in [0.2, 0.25) is 0 Å². The molecule has 0 atom stereocenters. The molecule has 2 N–H and O–H groups in total. The number of hydrogen-bond donors (Lipinski definition) is 2. The molecule has 0 saturated carbocycles. The summed E-state index contributed by atoms with van der Waals surface area (Å²) in [4.78, 5) is 12.2. The zero-order valence-corrected chi connectivity index (χ0v) is 14.1. The van der Waals surface area contributed by atoms with Crippen LogP contribution in [0.5, 0.6) is 5.75 Å². The highest BCUT2D eigenvalue weighted by molar-refractivity contribution is 6.30. The Morgan fingerprint density at radius 2 is 1.76 bits per heavy atom. The van der Waals surface area contributed by atoms with Crippen LogP contribution in [0.15, 0.2) is 60.7 Å². The molecule has 3 rings (SSSR count). The van der Waals surface area contributed by atoms with Crippen LogP contribution in [-0.4, -0.2) is 23.2 Å². The SMILES string of the molecule is COc1ccccc1Nc1ccc(C(=O)Nc2ccc(Cl)cc2)nn1. The summed E-state index contributed by atoms with van der Waals surface area (Å²) in [5.41, 5.74) is 1.60. The third-order valence-electron chi connectivity index (χ3n) is 3.37. The minimum atomic E-state index is -0.348. The van der Waals surface area contributed by atoms with Gasteiger partial charge < -0.3 is 15.4 Å². The van der Waals surface area contributed by atoms with Crippen LogP contribution in [0.1, 0.15) is 10.5 Å². The molecular weight excluding hydrogens is 340 g/mol. The van der Waals surface area contributed by atoms with Crippen molar-refractivity contribution in [3.8, 4) is 5.75 Å². The number of aromatic nitrogens is 2.